The van der Waals surface area contributed by atoms with Gasteiger partial charge in [-0.15, -0.1) is 0 Å². The molecule has 1 N–H and O–H groups in total. The van der Waals surface area contributed by atoms with Crippen LogP contribution in [0.1, 0.15) is 65.7 Å². The highest BCUT2D eigenvalue weighted by molar-refractivity contribution is 5.76. The number of carbonyl (C=O) groups excluding carboxylic acids is 1. The number of amides is 1. The van der Waals surface area contributed by atoms with Crippen molar-refractivity contribution in [2.24, 2.45) is 11.8 Å². The molecule has 2 aliphatic rings. The van der Waals surface area contributed by atoms with Gasteiger partial charge < -0.3 is 10.2 Å². The lowest BCUT2D eigenvalue weighted by Crippen LogP contribution is -2.52. The molecule has 1 saturated heterocycles. The molecule has 1 aliphatic carbocycles. The summed E-state index contributed by atoms with van der Waals surface area (Å²) in [6, 6.07) is 1.07. The molecule has 1 heterocycles. The second-order valence-electron chi connectivity index (χ2n) is 7.08. The number of carbonyl (C=O) groups is 1. The fraction of sp³-hybridized carbons (Fsp3) is 0.941. The van der Waals surface area contributed by atoms with E-state index in [0.717, 1.165) is 37.8 Å². The first-order valence-electron chi connectivity index (χ1n) is 8.62. The molecule has 1 amide bonds. The molecule has 0 bridgehead atoms. The first-order valence-corrected chi connectivity index (χ1v) is 8.62. The Balaban J connectivity index is 1.82. The van der Waals surface area contributed by atoms with Crippen LogP contribution in [0, 0.1) is 11.8 Å². The molecular formula is C17H32N2O. The van der Waals surface area contributed by atoms with Gasteiger partial charge >= 0.3 is 0 Å². The molecule has 0 aromatic carbocycles. The summed E-state index contributed by atoms with van der Waals surface area (Å²) in [6.45, 7) is 8.65. The number of hydrogen-bond donors (Lipinski definition) is 1. The molecule has 1 aliphatic heterocycles. The van der Waals surface area contributed by atoms with Gasteiger partial charge in [-0.3, -0.25) is 4.79 Å². The van der Waals surface area contributed by atoms with Gasteiger partial charge in [0.25, 0.3) is 0 Å². The van der Waals surface area contributed by atoms with Crippen molar-refractivity contribution in [3.63, 3.8) is 0 Å². The van der Waals surface area contributed by atoms with E-state index in [4.69, 9.17) is 0 Å². The van der Waals surface area contributed by atoms with Crippen LogP contribution in [0.5, 0.6) is 0 Å². The Morgan fingerprint density at radius 2 is 2.00 bits per heavy atom. The number of piperidine rings is 1. The second-order valence-corrected chi connectivity index (χ2v) is 7.08. The summed E-state index contributed by atoms with van der Waals surface area (Å²) in [5, 5.41) is 3.40. The first-order chi connectivity index (χ1) is 9.59. The van der Waals surface area contributed by atoms with Crippen molar-refractivity contribution in [3.05, 3.63) is 0 Å². The SMILES string of the molecule is CC(C)NCCCC(=O)N1CCC(C)C2CCCCC21. The number of hydrogen-bond acceptors (Lipinski definition) is 2. The topological polar surface area (TPSA) is 32.3 Å². The minimum atomic E-state index is 0.402. The van der Waals surface area contributed by atoms with Gasteiger partial charge in [-0.1, -0.05) is 33.6 Å². The minimum Gasteiger partial charge on any atom is -0.339 e. The number of likely N-dealkylation sites (tertiary alicyclic amines) is 1. The van der Waals surface area contributed by atoms with Crippen LogP contribution in [-0.4, -0.2) is 36.0 Å². The smallest absolute Gasteiger partial charge is 0.222 e. The van der Waals surface area contributed by atoms with Crippen LogP contribution < -0.4 is 5.32 Å². The fourth-order valence-electron chi connectivity index (χ4n) is 4.00. The summed E-state index contributed by atoms with van der Waals surface area (Å²) in [4.78, 5) is 14.7. The van der Waals surface area contributed by atoms with Gasteiger partial charge in [-0.25, -0.2) is 0 Å². The van der Waals surface area contributed by atoms with Crippen LogP contribution in [0.15, 0.2) is 0 Å². The zero-order valence-corrected chi connectivity index (χ0v) is 13.5. The molecule has 20 heavy (non-hydrogen) atoms. The number of nitrogens with one attached hydrogen (secondary N) is 1. The Labute approximate surface area is 124 Å². The normalized spacial score (nSPS) is 30.4. The van der Waals surface area contributed by atoms with Crippen molar-refractivity contribution in [1.82, 2.24) is 10.2 Å². The van der Waals surface area contributed by atoms with E-state index in [1.807, 2.05) is 0 Å². The molecule has 0 radical (unpaired) electrons. The van der Waals surface area contributed by atoms with Crippen LogP contribution in [0.25, 0.3) is 0 Å². The van der Waals surface area contributed by atoms with Crippen LogP contribution in [0.3, 0.4) is 0 Å². The highest BCUT2D eigenvalue weighted by atomic mass is 16.2. The zero-order valence-electron chi connectivity index (χ0n) is 13.5. The van der Waals surface area contributed by atoms with Gasteiger partial charge in [-0.05, 0) is 44.1 Å². The molecule has 0 aromatic heterocycles. The van der Waals surface area contributed by atoms with E-state index in [-0.39, 0.29) is 0 Å². The van der Waals surface area contributed by atoms with E-state index in [9.17, 15) is 4.79 Å². The zero-order chi connectivity index (χ0) is 14.5. The van der Waals surface area contributed by atoms with E-state index in [0.29, 0.717) is 18.0 Å². The molecule has 0 aromatic rings. The van der Waals surface area contributed by atoms with Crippen molar-refractivity contribution >= 4 is 5.91 Å². The Morgan fingerprint density at radius 3 is 2.75 bits per heavy atom. The average molecular weight is 280 g/mol. The first kappa shape index (κ1) is 15.8. The number of nitrogens with zero attached hydrogens (tertiary/aromatic N) is 1. The lowest BCUT2D eigenvalue weighted by Gasteiger charge is -2.47. The monoisotopic (exact) mass is 280 g/mol. The average Bonchev–Trinajstić information content (AvgIpc) is 2.44. The van der Waals surface area contributed by atoms with Crippen LogP contribution >= 0.6 is 0 Å². The summed E-state index contributed by atoms with van der Waals surface area (Å²) >= 11 is 0. The van der Waals surface area contributed by atoms with Crippen LogP contribution in [-0.2, 0) is 4.79 Å². The molecule has 3 atom stereocenters. The van der Waals surface area contributed by atoms with Gasteiger partial charge in [0, 0.05) is 25.0 Å². The predicted octanol–water partition coefficient (Wildman–Crippen LogP) is 3.19. The Hall–Kier alpha value is -0.570. The van der Waals surface area contributed by atoms with Crippen LogP contribution in [0.4, 0.5) is 0 Å². The predicted molar refractivity (Wildman–Crippen MR) is 83.6 cm³/mol. The lowest BCUT2D eigenvalue weighted by molar-refractivity contribution is -0.139. The summed E-state index contributed by atoms with van der Waals surface area (Å²) in [5.41, 5.74) is 0. The third-order valence-electron chi connectivity index (χ3n) is 5.18. The maximum Gasteiger partial charge on any atom is 0.222 e. The molecule has 1 saturated carbocycles. The Bertz CT molecular complexity index is 316. The molecule has 3 heteroatoms. The highest BCUT2D eigenvalue weighted by Gasteiger charge is 2.38. The van der Waals surface area contributed by atoms with Crippen LogP contribution in [0.2, 0.25) is 0 Å². The number of rotatable bonds is 5. The molecule has 2 fully saturated rings. The molecule has 0 spiro atoms. The van der Waals surface area contributed by atoms with Crippen molar-refractivity contribution < 1.29 is 4.79 Å². The third kappa shape index (κ3) is 3.97. The van der Waals surface area contributed by atoms with Gasteiger partial charge in [0.05, 0.1) is 0 Å². The van der Waals surface area contributed by atoms with Crippen molar-refractivity contribution in [2.45, 2.75) is 77.8 Å². The van der Waals surface area contributed by atoms with Gasteiger partial charge in [-0.2, -0.15) is 0 Å². The lowest BCUT2D eigenvalue weighted by atomic mass is 9.72. The van der Waals surface area contributed by atoms with Crippen molar-refractivity contribution in [1.29, 1.82) is 0 Å². The summed E-state index contributed by atoms with van der Waals surface area (Å²) in [7, 11) is 0. The van der Waals surface area contributed by atoms with Gasteiger partial charge in [0.15, 0.2) is 0 Å². The Kier molecular flexibility index (Phi) is 5.88. The quantitative estimate of drug-likeness (QED) is 0.784. The molecular weight excluding hydrogens is 248 g/mol. The molecule has 116 valence electrons. The van der Waals surface area contributed by atoms with Crippen molar-refractivity contribution in [3.8, 4) is 0 Å². The highest BCUT2D eigenvalue weighted by Crippen LogP contribution is 2.38. The largest absolute Gasteiger partial charge is 0.339 e. The van der Waals surface area contributed by atoms with E-state index in [1.165, 1.54) is 32.1 Å². The van der Waals surface area contributed by atoms with Gasteiger partial charge in [0.2, 0.25) is 5.91 Å². The summed E-state index contributed by atoms with van der Waals surface area (Å²) < 4.78 is 0. The summed E-state index contributed by atoms with van der Waals surface area (Å²) in [6.07, 6.45) is 8.16. The maximum atomic E-state index is 12.5. The van der Waals surface area contributed by atoms with Crippen molar-refractivity contribution in [2.75, 3.05) is 13.1 Å². The van der Waals surface area contributed by atoms with E-state index in [1.54, 1.807) is 0 Å². The Morgan fingerprint density at radius 1 is 1.25 bits per heavy atom. The van der Waals surface area contributed by atoms with E-state index >= 15 is 0 Å². The maximum absolute atomic E-state index is 12.5. The molecule has 3 unspecified atom stereocenters. The number of fused-ring (bicyclic) bond motifs is 1. The second kappa shape index (κ2) is 7.44. The third-order valence-corrected chi connectivity index (χ3v) is 5.18. The standard InChI is InChI=1S/C17H32N2O/c1-13(2)18-11-6-9-17(20)19-12-10-14(3)15-7-4-5-8-16(15)19/h13-16,18H,4-12H2,1-3H3. The van der Waals surface area contributed by atoms with E-state index < -0.39 is 0 Å². The molecule has 2 rings (SSSR count). The van der Waals surface area contributed by atoms with Gasteiger partial charge in [0.1, 0.15) is 0 Å². The van der Waals surface area contributed by atoms with E-state index in [2.05, 4.69) is 31.0 Å². The fourth-order valence-corrected chi connectivity index (χ4v) is 4.00. The minimum absolute atomic E-state index is 0.402. The summed E-state index contributed by atoms with van der Waals surface area (Å²) in [5.74, 6) is 1.99. The molecule has 3 nitrogen and oxygen atoms in total.